The molecule has 28 heavy (non-hydrogen) atoms. The number of hydrogen-bond donors (Lipinski definition) is 2. The molecule has 9 nitrogen and oxygen atoms in total. The Morgan fingerprint density at radius 3 is 2.64 bits per heavy atom. The molecule has 0 spiro atoms. The standard InChI is InChI=1S/C19H16N4O5/c1-2-28-19(25)14-8-13(10-16(11-14)23(26)27)18(24)21-15-5-3-4-12(9-15)17-6-7-20-22-17/h3-11H,2H2,1H3,(H,20,22)(H,21,24). The number of nitrogens with zero attached hydrogens (tertiary/aromatic N) is 2. The van der Waals surface area contributed by atoms with Crippen molar-refractivity contribution in [2.75, 3.05) is 11.9 Å². The van der Waals surface area contributed by atoms with Crippen LogP contribution in [0.1, 0.15) is 27.6 Å². The maximum Gasteiger partial charge on any atom is 0.338 e. The fraction of sp³-hybridized carbons (Fsp3) is 0.105. The number of nitro benzene ring substituents is 1. The van der Waals surface area contributed by atoms with Gasteiger partial charge in [0.05, 0.1) is 22.8 Å². The van der Waals surface area contributed by atoms with E-state index in [1.54, 1.807) is 37.4 Å². The number of amides is 1. The maximum atomic E-state index is 12.6. The normalized spacial score (nSPS) is 10.3. The summed E-state index contributed by atoms with van der Waals surface area (Å²) in [5.41, 5.74) is 1.61. The highest BCUT2D eigenvalue weighted by molar-refractivity contribution is 6.06. The number of carbonyl (C=O) groups is 2. The van der Waals surface area contributed by atoms with Gasteiger partial charge in [0.2, 0.25) is 0 Å². The molecule has 0 fully saturated rings. The monoisotopic (exact) mass is 380 g/mol. The van der Waals surface area contributed by atoms with E-state index in [0.29, 0.717) is 5.69 Å². The largest absolute Gasteiger partial charge is 0.462 e. The topological polar surface area (TPSA) is 127 Å². The summed E-state index contributed by atoms with van der Waals surface area (Å²) < 4.78 is 4.87. The summed E-state index contributed by atoms with van der Waals surface area (Å²) in [7, 11) is 0. The number of carbonyl (C=O) groups excluding carboxylic acids is 2. The Hall–Kier alpha value is -4.01. The lowest BCUT2D eigenvalue weighted by Gasteiger charge is -2.08. The minimum atomic E-state index is -0.735. The second-order valence-electron chi connectivity index (χ2n) is 5.75. The van der Waals surface area contributed by atoms with Gasteiger partial charge in [-0.2, -0.15) is 5.10 Å². The fourth-order valence-electron chi connectivity index (χ4n) is 2.56. The van der Waals surface area contributed by atoms with Crippen molar-refractivity contribution in [3.63, 3.8) is 0 Å². The summed E-state index contributed by atoms with van der Waals surface area (Å²) in [5, 5.41) is 20.5. The number of ether oxygens (including phenoxy) is 1. The Balaban J connectivity index is 1.89. The molecule has 0 unspecified atom stereocenters. The lowest BCUT2D eigenvalue weighted by atomic mass is 10.1. The number of anilines is 1. The van der Waals surface area contributed by atoms with Gasteiger partial charge in [0.15, 0.2) is 0 Å². The van der Waals surface area contributed by atoms with Crippen LogP contribution >= 0.6 is 0 Å². The number of nitro groups is 1. The molecule has 0 radical (unpaired) electrons. The maximum absolute atomic E-state index is 12.6. The van der Waals surface area contributed by atoms with Crippen molar-refractivity contribution in [3.05, 3.63) is 76.0 Å². The number of benzene rings is 2. The number of rotatable bonds is 6. The van der Waals surface area contributed by atoms with Gasteiger partial charge >= 0.3 is 5.97 Å². The molecule has 1 aromatic heterocycles. The highest BCUT2D eigenvalue weighted by atomic mass is 16.6. The smallest absolute Gasteiger partial charge is 0.338 e. The van der Waals surface area contributed by atoms with Gasteiger partial charge in [0.25, 0.3) is 11.6 Å². The molecule has 0 aliphatic rings. The second kappa shape index (κ2) is 8.12. The summed E-state index contributed by atoms with van der Waals surface area (Å²) in [4.78, 5) is 35.0. The van der Waals surface area contributed by atoms with Gasteiger partial charge in [-0.3, -0.25) is 20.0 Å². The van der Waals surface area contributed by atoms with Crippen LogP contribution in [0.3, 0.4) is 0 Å². The van der Waals surface area contributed by atoms with Crippen LogP contribution in [0.5, 0.6) is 0 Å². The first-order valence-electron chi connectivity index (χ1n) is 8.35. The van der Waals surface area contributed by atoms with E-state index >= 15 is 0 Å². The summed E-state index contributed by atoms with van der Waals surface area (Å²) in [6, 6.07) is 12.2. The fourth-order valence-corrected chi connectivity index (χ4v) is 2.56. The molecule has 0 aliphatic carbocycles. The third-order valence-electron chi connectivity index (χ3n) is 3.83. The van der Waals surface area contributed by atoms with Crippen LogP contribution in [0.25, 0.3) is 11.3 Å². The number of aromatic nitrogens is 2. The van der Waals surface area contributed by atoms with Crippen molar-refractivity contribution in [2.24, 2.45) is 0 Å². The van der Waals surface area contributed by atoms with Gasteiger partial charge in [-0.25, -0.2) is 4.79 Å². The summed E-state index contributed by atoms with van der Waals surface area (Å²) in [6.07, 6.45) is 1.61. The third-order valence-corrected chi connectivity index (χ3v) is 3.83. The van der Waals surface area contributed by atoms with Crippen molar-refractivity contribution in [1.82, 2.24) is 10.2 Å². The van der Waals surface area contributed by atoms with Crippen LogP contribution in [0.2, 0.25) is 0 Å². The number of aromatic amines is 1. The van der Waals surface area contributed by atoms with E-state index in [0.717, 1.165) is 23.4 Å². The average Bonchev–Trinajstić information content (AvgIpc) is 3.23. The SMILES string of the molecule is CCOC(=O)c1cc(C(=O)Nc2cccc(-c3ccn[nH]3)c2)cc([N+](=O)[O-])c1. The lowest BCUT2D eigenvalue weighted by Crippen LogP contribution is -2.14. The molecule has 3 rings (SSSR count). The molecule has 0 atom stereocenters. The molecule has 0 bridgehead atoms. The molecule has 3 aromatic rings. The average molecular weight is 380 g/mol. The predicted molar refractivity (Wildman–Crippen MR) is 101 cm³/mol. The predicted octanol–water partition coefficient (Wildman–Crippen LogP) is 3.41. The quantitative estimate of drug-likeness (QED) is 0.383. The van der Waals surface area contributed by atoms with E-state index < -0.39 is 16.8 Å². The first-order chi connectivity index (χ1) is 13.5. The summed E-state index contributed by atoms with van der Waals surface area (Å²) in [5.74, 6) is -1.32. The molecule has 0 saturated carbocycles. The molecule has 1 amide bonds. The van der Waals surface area contributed by atoms with Crippen LogP contribution in [0.15, 0.2) is 54.7 Å². The van der Waals surface area contributed by atoms with E-state index in [9.17, 15) is 19.7 Å². The third kappa shape index (κ3) is 4.21. The minimum absolute atomic E-state index is 0.0239. The lowest BCUT2D eigenvalue weighted by molar-refractivity contribution is -0.384. The van der Waals surface area contributed by atoms with Crippen LogP contribution in [0, 0.1) is 10.1 Å². The van der Waals surface area contributed by atoms with E-state index in [2.05, 4.69) is 15.5 Å². The van der Waals surface area contributed by atoms with Gasteiger partial charge in [-0.15, -0.1) is 0 Å². The van der Waals surface area contributed by atoms with E-state index in [4.69, 9.17) is 4.74 Å². The number of esters is 1. The second-order valence-corrected chi connectivity index (χ2v) is 5.75. The molecule has 2 aromatic carbocycles. The Morgan fingerprint density at radius 2 is 1.96 bits per heavy atom. The highest BCUT2D eigenvalue weighted by Gasteiger charge is 2.19. The van der Waals surface area contributed by atoms with Crippen molar-refractivity contribution >= 4 is 23.3 Å². The highest BCUT2D eigenvalue weighted by Crippen LogP contribution is 2.22. The zero-order valence-electron chi connectivity index (χ0n) is 14.8. The van der Waals surface area contributed by atoms with E-state index in [-0.39, 0.29) is 23.4 Å². The number of hydrogen-bond acceptors (Lipinski definition) is 6. The van der Waals surface area contributed by atoms with Gasteiger partial charge in [-0.1, -0.05) is 12.1 Å². The molecular formula is C19H16N4O5. The number of H-pyrrole nitrogens is 1. The number of nitrogens with one attached hydrogen (secondary N) is 2. The Kier molecular flexibility index (Phi) is 5.45. The summed E-state index contributed by atoms with van der Waals surface area (Å²) >= 11 is 0. The van der Waals surface area contributed by atoms with Crippen LogP contribution in [-0.2, 0) is 4.74 Å². The molecule has 2 N–H and O–H groups in total. The summed E-state index contributed by atoms with van der Waals surface area (Å²) in [6.45, 7) is 1.74. The minimum Gasteiger partial charge on any atom is -0.462 e. The zero-order chi connectivity index (χ0) is 20.1. The van der Waals surface area contributed by atoms with Crippen molar-refractivity contribution < 1.29 is 19.2 Å². The van der Waals surface area contributed by atoms with Gasteiger partial charge < -0.3 is 10.1 Å². The molecule has 1 heterocycles. The van der Waals surface area contributed by atoms with Crippen LogP contribution in [-0.4, -0.2) is 33.6 Å². The Bertz CT molecular complexity index is 1030. The van der Waals surface area contributed by atoms with Crippen molar-refractivity contribution in [1.29, 1.82) is 0 Å². The Labute approximate surface area is 159 Å². The van der Waals surface area contributed by atoms with Gasteiger partial charge in [0, 0.05) is 35.1 Å². The van der Waals surface area contributed by atoms with E-state index in [1.807, 2.05) is 6.07 Å². The molecule has 0 saturated heterocycles. The molecular weight excluding hydrogens is 364 g/mol. The van der Waals surface area contributed by atoms with Crippen LogP contribution in [0.4, 0.5) is 11.4 Å². The first-order valence-corrected chi connectivity index (χ1v) is 8.35. The zero-order valence-corrected chi connectivity index (χ0v) is 14.8. The van der Waals surface area contributed by atoms with Crippen LogP contribution < -0.4 is 5.32 Å². The van der Waals surface area contributed by atoms with Gasteiger partial charge in [0.1, 0.15) is 0 Å². The number of non-ortho nitro benzene ring substituents is 1. The van der Waals surface area contributed by atoms with Gasteiger partial charge in [-0.05, 0) is 31.2 Å². The van der Waals surface area contributed by atoms with E-state index in [1.165, 1.54) is 6.07 Å². The molecule has 9 heteroatoms. The molecule has 142 valence electrons. The van der Waals surface area contributed by atoms with Crippen molar-refractivity contribution in [3.8, 4) is 11.3 Å². The first kappa shape index (κ1) is 18.8. The van der Waals surface area contributed by atoms with Crippen molar-refractivity contribution in [2.45, 2.75) is 6.92 Å². The Morgan fingerprint density at radius 1 is 1.18 bits per heavy atom. The molecule has 0 aliphatic heterocycles.